The summed E-state index contributed by atoms with van der Waals surface area (Å²) in [7, 11) is 0. The Kier molecular flexibility index (Phi) is 7.91. The summed E-state index contributed by atoms with van der Waals surface area (Å²) in [5.41, 5.74) is 7.18. The third-order valence-electron chi connectivity index (χ3n) is 7.98. The number of benzene rings is 2. The molecule has 216 valence electrons. The van der Waals surface area contributed by atoms with Gasteiger partial charge in [0.05, 0.1) is 11.6 Å². The van der Waals surface area contributed by atoms with Crippen molar-refractivity contribution in [3.05, 3.63) is 84.1 Å². The Labute approximate surface area is 240 Å². The molecule has 3 N–H and O–H groups in total. The maximum Gasteiger partial charge on any atom is 0.411 e. The number of aliphatic hydroxyl groups is 1. The van der Waals surface area contributed by atoms with Gasteiger partial charge in [-0.25, -0.2) is 14.6 Å². The Hall–Kier alpha value is -4.11. The van der Waals surface area contributed by atoms with Crippen LogP contribution in [-0.2, 0) is 15.1 Å². The second-order valence-corrected chi connectivity index (χ2v) is 11.6. The SMILES string of the molecule is C[C@@H](c1ccc(-c2ccc(N3CCC[C@@H]3OC(N)=O)nc2)cc1)N1CC[C@](CC(C)(C)O)(c2ccccc2)OC1=O. The monoisotopic (exact) mass is 558 g/mol. The van der Waals surface area contributed by atoms with E-state index in [1.54, 1.807) is 24.9 Å². The molecule has 2 amide bonds. The van der Waals surface area contributed by atoms with Gasteiger partial charge in [-0.2, -0.15) is 0 Å². The molecule has 0 bridgehead atoms. The number of amides is 2. The third-order valence-corrected chi connectivity index (χ3v) is 7.98. The summed E-state index contributed by atoms with van der Waals surface area (Å²) >= 11 is 0. The predicted molar refractivity (Wildman–Crippen MR) is 156 cm³/mol. The van der Waals surface area contributed by atoms with Crippen LogP contribution in [0.1, 0.15) is 63.6 Å². The highest BCUT2D eigenvalue weighted by Gasteiger charge is 2.46. The van der Waals surface area contributed by atoms with Crippen molar-refractivity contribution >= 4 is 18.0 Å². The van der Waals surface area contributed by atoms with Crippen LogP contribution in [0.3, 0.4) is 0 Å². The lowest BCUT2D eigenvalue weighted by molar-refractivity contribution is -0.101. The number of primary amides is 1. The predicted octanol–water partition coefficient (Wildman–Crippen LogP) is 5.73. The molecule has 2 aromatic carbocycles. The van der Waals surface area contributed by atoms with Crippen molar-refractivity contribution < 1.29 is 24.2 Å². The van der Waals surface area contributed by atoms with E-state index in [4.69, 9.17) is 15.2 Å². The number of nitrogens with zero attached hydrogens (tertiary/aromatic N) is 3. The van der Waals surface area contributed by atoms with Crippen LogP contribution in [0.5, 0.6) is 0 Å². The first-order valence-electron chi connectivity index (χ1n) is 14.1. The minimum absolute atomic E-state index is 0.190. The van der Waals surface area contributed by atoms with Gasteiger partial charge in [-0.3, -0.25) is 0 Å². The first kappa shape index (κ1) is 28.4. The van der Waals surface area contributed by atoms with Crippen molar-refractivity contribution in [2.24, 2.45) is 5.73 Å². The smallest absolute Gasteiger partial charge is 0.411 e. The average molecular weight is 559 g/mol. The number of nitrogens with two attached hydrogens (primary N) is 1. The minimum Gasteiger partial charge on any atom is -0.438 e. The van der Waals surface area contributed by atoms with Crippen molar-refractivity contribution in [3.8, 4) is 11.1 Å². The molecule has 5 rings (SSSR count). The van der Waals surface area contributed by atoms with Crippen LogP contribution in [0, 0.1) is 0 Å². The highest BCUT2D eigenvalue weighted by Crippen LogP contribution is 2.42. The Balaban J connectivity index is 1.27. The lowest BCUT2D eigenvalue weighted by atomic mass is 9.80. The lowest BCUT2D eigenvalue weighted by Crippen LogP contribution is -2.51. The number of rotatable bonds is 8. The van der Waals surface area contributed by atoms with Gasteiger partial charge in [0.25, 0.3) is 0 Å². The lowest BCUT2D eigenvalue weighted by Gasteiger charge is -2.45. The molecule has 0 saturated carbocycles. The zero-order chi connectivity index (χ0) is 29.2. The molecule has 1 aromatic heterocycles. The second-order valence-electron chi connectivity index (χ2n) is 11.6. The Morgan fingerprint density at radius 2 is 1.83 bits per heavy atom. The molecule has 0 radical (unpaired) electrons. The van der Waals surface area contributed by atoms with Crippen LogP contribution in [0.15, 0.2) is 72.9 Å². The second kappa shape index (κ2) is 11.4. The summed E-state index contributed by atoms with van der Waals surface area (Å²) in [4.78, 5) is 32.9. The quantitative estimate of drug-likeness (QED) is 0.362. The number of hydrogen-bond acceptors (Lipinski definition) is 7. The summed E-state index contributed by atoms with van der Waals surface area (Å²) in [5.74, 6) is 0.738. The molecule has 2 saturated heterocycles. The van der Waals surface area contributed by atoms with Gasteiger partial charge in [-0.05, 0) is 56.0 Å². The highest BCUT2D eigenvalue weighted by atomic mass is 16.6. The van der Waals surface area contributed by atoms with Gasteiger partial charge in [-0.1, -0.05) is 54.6 Å². The van der Waals surface area contributed by atoms with Crippen molar-refractivity contribution in [1.29, 1.82) is 0 Å². The maximum atomic E-state index is 13.4. The molecule has 3 aromatic rings. The molecule has 3 heterocycles. The molecule has 9 heteroatoms. The van der Waals surface area contributed by atoms with Crippen molar-refractivity contribution in [3.63, 3.8) is 0 Å². The van der Waals surface area contributed by atoms with E-state index < -0.39 is 17.3 Å². The zero-order valence-electron chi connectivity index (χ0n) is 23.8. The Morgan fingerprint density at radius 3 is 2.44 bits per heavy atom. The molecule has 3 atom stereocenters. The van der Waals surface area contributed by atoms with Crippen LogP contribution < -0.4 is 10.6 Å². The van der Waals surface area contributed by atoms with Gasteiger partial charge < -0.3 is 30.1 Å². The number of anilines is 1. The van der Waals surface area contributed by atoms with Gasteiger partial charge in [-0.15, -0.1) is 0 Å². The van der Waals surface area contributed by atoms with E-state index in [1.165, 1.54) is 0 Å². The highest BCUT2D eigenvalue weighted by molar-refractivity contribution is 5.71. The van der Waals surface area contributed by atoms with Crippen molar-refractivity contribution in [1.82, 2.24) is 9.88 Å². The minimum atomic E-state index is -1.000. The summed E-state index contributed by atoms with van der Waals surface area (Å²) in [6.07, 6.45) is 2.77. The summed E-state index contributed by atoms with van der Waals surface area (Å²) in [6.45, 7) is 6.74. The van der Waals surface area contributed by atoms with Crippen molar-refractivity contribution in [2.75, 3.05) is 18.0 Å². The number of aromatic nitrogens is 1. The first-order chi connectivity index (χ1) is 19.5. The number of carbonyl (C=O) groups excluding carboxylic acids is 2. The van der Waals surface area contributed by atoms with Gasteiger partial charge in [0.1, 0.15) is 11.4 Å². The first-order valence-corrected chi connectivity index (χ1v) is 14.1. The number of cyclic esters (lactones) is 1. The van der Waals surface area contributed by atoms with E-state index in [0.717, 1.165) is 47.5 Å². The van der Waals surface area contributed by atoms with Crippen LogP contribution in [-0.4, -0.2) is 52.1 Å². The molecule has 2 aliphatic heterocycles. The summed E-state index contributed by atoms with van der Waals surface area (Å²) in [6, 6.07) is 21.5. The standard InChI is InChI=1S/C32H38N4O5/c1-22(35-19-17-32(41-30(35)38,21-31(2,3)39)26-8-5-4-6-9-26)23-11-13-24(14-12-23)25-15-16-27(34-20-25)36-18-7-10-28(36)40-29(33)37/h4-6,8-9,11-16,20,22,28,39H,7,10,17-19,21H2,1-3H3,(H2,33,37)/t22-,28-,32-/m0/s1. The molecule has 0 aliphatic carbocycles. The topological polar surface area (TPSA) is 118 Å². The fourth-order valence-corrected chi connectivity index (χ4v) is 6.01. The van der Waals surface area contributed by atoms with Gasteiger partial charge in [0.2, 0.25) is 0 Å². The summed E-state index contributed by atoms with van der Waals surface area (Å²) < 4.78 is 11.4. The van der Waals surface area contributed by atoms with Gasteiger partial charge >= 0.3 is 12.2 Å². The van der Waals surface area contributed by atoms with E-state index in [0.29, 0.717) is 19.4 Å². The Bertz CT molecular complexity index is 1360. The summed E-state index contributed by atoms with van der Waals surface area (Å²) in [5, 5.41) is 10.6. The van der Waals surface area contributed by atoms with Crippen LogP contribution in [0.25, 0.3) is 11.1 Å². The molecule has 41 heavy (non-hydrogen) atoms. The van der Waals surface area contributed by atoms with E-state index >= 15 is 0 Å². The van der Waals surface area contributed by atoms with E-state index in [2.05, 4.69) is 4.98 Å². The fourth-order valence-electron chi connectivity index (χ4n) is 6.01. The average Bonchev–Trinajstić information content (AvgIpc) is 3.40. The van der Waals surface area contributed by atoms with E-state index in [1.807, 2.05) is 78.6 Å². The number of pyridine rings is 1. The van der Waals surface area contributed by atoms with Gasteiger partial charge in [0, 0.05) is 44.1 Å². The molecule has 2 aliphatic rings. The molecule has 0 unspecified atom stereocenters. The molecule has 0 spiro atoms. The number of hydrogen-bond donors (Lipinski definition) is 2. The van der Waals surface area contributed by atoms with Crippen LogP contribution in [0.4, 0.5) is 15.4 Å². The maximum absolute atomic E-state index is 13.4. The fraction of sp³-hybridized carbons (Fsp3) is 0.406. The zero-order valence-corrected chi connectivity index (χ0v) is 23.8. The molecular formula is C32H38N4O5. The van der Waals surface area contributed by atoms with E-state index in [9.17, 15) is 14.7 Å². The van der Waals surface area contributed by atoms with Gasteiger partial charge in [0.15, 0.2) is 6.23 Å². The van der Waals surface area contributed by atoms with Crippen molar-refractivity contribution in [2.45, 2.75) is 69.9 Å². The normalized spacial score (nSPS) is 21.9. The third kappa shape index (κ3) is 6.30. The van der Waals surface area contributed by atoms with Crippen LogP contribution in [0.2, 0.25) is 0 Å². The number of carbonyl (C=O) groups is 2. The Morgan fingerprint density at radius 1 is 1.12 bits per heavy atom. The molecular weight excluding hydrogens is 520 g/mol. The van der Waals surface area contributed by atoms with E-state index in [-0.39, 0.29) is 18.4 Å². The largest absolute Gasteiger partial charge is 0.438 e. The number of ether oxygens (including phenoxy) is 2. The molecule has 2 fully saturated rings. The molecule has 9 nitrogen and oxygen atoms in total. The van der Waals surface area contributed by atoms with Crippen LogP contribution >= 0.6 is 0 Å².